The van der Waals surface area contributed by atoms with E-state index in [1.807, 2.05) is 0 Å². The third kappa shape index (κ3) is 4.99. The summed E-state index contributed by atoms with van der Waals surface area (Å²) in [6.07, 6.45) is 13.7. The summed E-state index contributed by atoms with van der Waals surface area (Å²) in [4.78, 5) is 0. The van der Waals surface area contributed by atoms with Gasteiger partial charge in [-0.05, 0) is 30.6 Å². The molecule has 0 spiro atoms. The second-order valence-electron chi connectivity index (χ2n) is 6.71. The highest BCUT2D eigenvalue weighted by molar-refractivity contribution is 4.88. The van der Waals surface area contributed by atoms with Gasteiger partial charge in [0.2, 0.25) is 0 Å². The van der Waals surface area contributed by atoms with Gasteiger partial charge >= 0.3 is 0 Å². The van der Waals surface area contributed by atoms with E-state index in [9.17, 15) is 0 Å². The van der Waals surface area contributed by atoms with Crippen molar-refractivity contribution in [3.05, 3.63) is 0 Å². The Labute approximate surface area is 109 Å². The van der Waals surface area contributed by atoms with Crippen LogP contribution >= 0.6 is 0 Å². The largest absolute Gasteiger partial charge is 0.327 e. The first-order valence-electron chi connectivity index (χ1n) is 7.83. The molecular weight excluding hydrogens is 206 g/mol. The fraction of sp³-hybridized carbons (Fsp3) is 1.00. The van der Waals surface area contributed by atoms with Crippen LogP contribution in [0.25, 0.3) is 0 Å². The number of nitrogens with two attached hydrogens (primary N) is 1. The minimum atomic E-state index is 0.451. The summed E-state index contributed by atoms with van der Waals surface area (Å²) in [6.45, 7) is 7.12. The molecule has 17 heavy (non-hydrogen) atoms. The maximum absolute atomic E-state index is 6.44. The molecule has 2 N–H and O–H groups in total. The molecule has 2 atom stereocenters. The predicted octanol–water partition coefficient (Wildman–Crippen LogP) is 4.89. The molecular formula is C16H33N. The van der Waals surface area contributed by atoms with Crippen LogP contribution in [0.15, 0.2) is 0 Å². The Morgan fingerprint density at radius 2 is 1.82 bits per heavy atom. The number of unbranched alkanes of at least 4 members (excludes halogenated alkanes) is 4. The van der Waals surface area contributed by atoms with Gasteiger partial charge < -0.3 is 5.73 Å². The number of hydrogen-bond donors (Lipinski definition) is 1. The minimum absolute atomic E-state index is 0.451. The molecule has 2 unspecified atom stereocenters. The van der Waals surface area contributed by atoms with Crippen molar-refractivity contribution in [2.45, 2.75) is 91.0 Å². The van der Waals surface area contributed by atoms with E-state index in [0.29, 0.717) is 11.5 Å². The molecule has 1 aliphatic rings. The number of rotatable bonds is 7. The van der Waals surface area contributed by atoms with Gasteiger partial charge in [0.15, 0.2) is 0 Å². The second-order valence-corrected chi connectivity index (χ2v) is 6.71. The molecule has 1 saturated carbocycles. The first kappa shape index (κ1) is 15.0. The highest BCUT2D eigenvalue weighted by atomic mass is 14.7. The van der Waals surface area contributed by atoms with Gasteiger partial charge in [0.1, 0.15) is 0 Å². The van der Waals surface area contributed by atoms with E-state index < -0.39 is 0 Å². The molecule has 0 aromatic rings. The van der Waals surface area contributed by atoms with Crippen LogP contribution in [0.2, 0.25) is 0 Å². The molecule has 0 aromatic heterocycles. The van der Waals surface area contributed by atoms with Gasteiger partial charge in [0.25, 0.3) is 0 Å². The van der Waals surface area contributed by atoms with E-state index in [4.69, 9.17) is 5.73 Å². The predicted molar refractivity (Wildman–Crippen MR) is 77.1 cm³/mol. The van der Waals surface area contributed by atoms with E-state index in [1.165, 1.54) is 64.2 Å². The van der Waals surface area contributed by atoms with Crippen molar-refractivity contribution in [1.29, 1.82) is 0 Å². The lowest BCUT2D eigenvalue weighted by Gasteiger charge is -2.42. The lowest BCUT2D eigenvalue weighted by atomic mass is 9.65. The monoisotopic (exact) mass is 239 g/mol. The highest BCUT2D eigenvalue weighted by Crippen LogP contribution is 2.42. The van der Waals surface area contributed by atoms with Gasteiger partial charge in [-0.2, -0.15) is 0 Å². The lowest BCUT2D eigenvalue weighted by molar-refractivity contribution is 0.108. The van der Waals surface area contributed by atoms with Crippen LogP contribution in [0.4, 0.5) is 0 Å². The van der Waals surface area contributed by atoms with Crippen LogP contribution in [-0.2, 0) is 0 Å². The Bertz CT molecular complexity index is 198. The normalized spacial score (nSPS) is 25.8. The van der Waals surface area contributed by atoms with Crippen molar-refractivity contribution >= 4 is 0 Å². The van der Waals surface area contributed by atoms with Crippen molar-refractivity contribution in [1.82, 2.24) is 0 Å². The van der Waals surface area contributed by atoms with Gasteiger partial charge in [-0.1, -0.05) is 65.7 Å². The topological polar surface area (TPSA) is 26.0 Å². The summed E-state index contributed by atoms with van der Waals surface area (Å²) >= 11 is 0. The summed E-state index contributed by atoms with van der Waals surface area (Å²) in [5.74, 6) is 0.766. The van der Waals surface area contributed by atoms with Crippen molar-refractivity contribution in [2.24, 2.45) is 17.1 Å². The Morgan fingerprint density at radius 3 is 2.47 bits per heavy atom. The van der Waals surface area contributed by atoms with Crippen molar-refractivity contribution in [2.75, 3.05) is 0 Å². The Morgan fingerprint density at radius 1 is 1.12 bits per heavy atom. The van der Waals surface area contributed by atoms with E-state index in [0.717, 1.165) is 5.92 Å². The Kier molecular flexibility index (Phi) is 6.54. The quantitative estimate of drug-likeness (QED) is 0.629. The smallest absolute Gasteiger partial charge is 0.00722 e. The standard InChI is InChI=1S/C16H33N/c1-4-5-6-7-8-12-15(17)14-11-9-10-13-16(14,2)3/h14-15H,4-13,17H2,1-3H3. The van der Waals surface area contributed by atoms with Gasteiger partial charge in [-0.3, -0.25) is 0 Å². The molecule has 1 aliphatic carbocycles. The van der Waals surface area contributed by atoms with Crippen molar-refractivity contribution in [3.8, 4) is 0 Å². The Balaban J connectivity index is 2.23. The molecule has 0 radical (unpaired) electrons. The summed E-state index contributed by atoms with van der Waals surface area (Å²) in [5.41, 5.74) is 6.93. The summed E-state index contributed by atoms with van der Waals surface area (Å²) in [6, 6.07) is 0.451. The first-order chi connectivity index (χ1) is 8.08. The van der Waals surface area contributed by atoms with Crippen molar-refractivity contribution in [3.63, 3.8) is 0 Å². The molecule has 0 saturated heterocycles. The summed E-state index contributed by atoms with van der Waals surface area (Å²) in [5, 5.41) is 0. The fourth-order valence-electron chi connectivity index (χ4n) is 3.50. The molecule has 1 fully saturated rings. The SMILES string of the molecule is CCCCCCCC(N)C1CCCCC1(C)C. The first-order valence-corrected chi connectivity index (χ1v) is 7.83. The van der Waals surface area contributed by atoms with Gasteiger partial charge in [-0.15, -0.1) is 0 Å². The average Bonchev–Trinajstić information content (AvgIpc) is 2.28. The van der Waals surface area contributed by atoms with Crippen LogP contribution < -0.4 is 5.73 Å². The average molecular weight is 239 g/mol. The third-order valence-electron chi connectivity index (χ3n) is 4.75. The van der Waals surface area contributed by atoms with Gasteiger partial charge in [0.05, 0.1) is 0 Å². The zero-order valence-corrected chi connectivity index (χ0v) is 12.3. The summed E-state index contributed by atoms with van der Waals surface area (Å²) in [7, 11) is 0. The molecule has 0 aliphatic heterocycles. The number of hydrogen-bond acceptors (Lipinski definition) is 1. The van der Waals surface area contributed by atoms with Crippen LogP contribution in [0.1, 0.15) is 85.0 Å². The maximum atomic E-state index is 6.44. The molecule has 0 heterocycles. The minimum Gasteiger partial charge on any atom is -0.327 e. The van der Waals surface area contributed by atoms with E-state index in [-0.39, 0.29) is 0 Å². The molecule has 0 bridgehead atoms. The van der Waals surface area contributed by atoms with Crippen LogP contribution in [0.5, 0.6) is 0 Å². The van der Waals surface area contributed by atoms with E-state index in [2.05, 4.69) is 20.8 Å². The maximum Gasteiger partial charge on any atom is 0.00722 e. The lowest BCUT2D eigenvalue weighted by Crippen LogP contribution is -2.41. The third-order valence-corrected chi connectivity index (χ3v) is 4.75. The molecule has 102 valence electrons. The van der Waals surface area contributed by atoms with Crippen LogP contribution in [-0.4, -0.2) is 6.04 Å². The molecule has 1 heteroatoms. The molecule has 0 amide bonds. The van der Waals surface area contributed by atoms with Gasteiger partial charge in [-0.25, -0.2) is 0 Å². The van der Waals surface area contributed by atoms with E-state index in [1.54, 1.807) is 0 Å². The van der Waals surface area contributed by atoms with Crippen LogP contribution in [0.3, 0.4) is 0 Å². The van der Waals surface area contributed by atoms with Gasteiger partial charge in [0, 0.05) is 6.04 Å². The zero-order chi connectivity index (χ0) is 12.7. The molecule has 1 nitrogen and oxygen atoms in total. The van der Waals surface area contributed by atoms with E-state index >= 15 is 0 Å². The second kappa shape index (κ2) is 7.41. The Hall–Kier alpha value is -0.0400. The summed E-state index contributed by atoms with van der Waals surface area (Å²) < 4.78 is 0. The fourth-order valence-corrected chi connectivity index (χ4v) is 3.50. The zero-order valence-electron chi connectivity index (χ0n) is 12.3. The highest BCUT2D eigenvalue weighted by Gasteiger charge is 2.35. The van der Waals surface area contributed by atoms with Crippen LogP contribution in [0, 0.1) is 11.3 Å². The molecule has 0 aromatic carbocycles. The molecule has 1 rings (SSSR count). The van der Waals surface area contributed by atoms with Crippen molar-refractivity contribution < 1.29 is 0 Å².